The highest BCUT2D eigenvalue weighted by atomic mass is 79.9. The minimum atomic E-state index is -0.171. The van der Waals surface area contributed by atoms with Crippen molar-refractivity contribution in [1.29, 1.82) is 0 Å². The third kappa shape index (κ3) is 3.17. The van der Waals surface area contributed by atoms with Crippen molar-refractivity contribution in [2.75, 3.05) is 26.3 Å². The Morgan fingerprint density at radius 3 is 2.76 bits per heavy atom. The van der Waals surface area contributed by atoms with Crippen LogP contribution in [0.4, 0.5) is 0 Å². The van der Waals surface area contributed by atoms with Crippen molar-refractivity contribution in [2.45, 2.75) is 6.54 Å². The van der Waals surface area contributed by atoms with Gasteiger partial charge < -0.3 is 14.2 Å². The fourth-order valence-electron chi connectivity index (χ4n) is 1.68. The number of amides is 1. The molecule has 1 fully saturated rings. The Balaban J connectivity index is 2.07. The highest BCUT2D eigenvalue weighted by Gasteiger charge is 2.17. The van der Waals surface area contributed by atoms with Crippen LogP contribution in [0.1, 0.15) is 0 Å². The maximum absolute atomic E-state index is 11.9. The summed E-state index contributed by atoms with van der Waals surface area (Å²) in [5.74, 6) is -0.0477. The highest BCUT2D eigenvalue weighted by Crippen LogP contribution is 2.05. The van der Waals surface area contributed by atoms with Crippen LogP contribution in [-0.2, 0) is 16.1 Å². The SMILES string of the molecule is O=C(Cn1cc(Br)ccc1=O)N1CCOCC1. The van der Waals surface area contributed by atoms with Gasteiger partial charge in [-0.2, -0.15) is 0 Å². The summed E-state index contributed by atoms with van der Waals surface area (Å²) >= 11 is 3.28. The van der Waals surface area contributed by atoms with Crippen LogP contribution < -0.4 is 5.56 Å². The Morgan fingerprint density at radius 2 is 2.06 bits per heavy atom. The van der Waals surface area contributed by atoms with E-state index in [0.717, 1.165) is 4.47 Å². The van der Waals surface area contributed by atoms with Crippen molar-refractivity contribution in [3.63, 3.8) is 0 Å². The van der Waals surface area contributed by atoms with Gasteiger partial charge >= 0.3 is 0 Å². The first-order valence-electron chi connectivity index (χ1n) is 5.38. The molecule has 0 radical (unpaired) electrons. The summed E-state index contributed by atoms with van der Waals surface area (Å²) < 4.78 is 7.36. The van der Waals surface area contributed by atoms with Gasteiger partial charge in [-0.15, -0.1) is 0 Å². The number of morpholine rings is 1. The Kier molecular flexibility index (Phi) is 3.96. The number of halogens is 1. The van der Waals surface area contributed by atoms with E-state index >= 15 is 0 Å². The third-order valence-electron chi connectivity index (χ3n) is 2.62. The number of nitrogens with zero attached hydrogens (tertiary/aromatic N) is 2. The Bertz CT molecular complexity index is 466. The number of aromatic nitrogens is 1. The zero-order valence-corrected chi connectivity index (χ0v) is 10.9. The quantitative estimate of drug-likeness (QED) is 0.798. The van der Waals surface area contributed by atoms with E-state index in [4.69, 9.17) is 4.74 Å². The first-order valence-corrected chi connectivity index (χ1v) is 6.17. The first kappa shape index (κ1) is 12.3. The fourth-order valence-corrected chi connectivity index (χ4v) is 2.06. The van der Waals surface area contributed by atoms with Crippen molar-refractivity contribution in [3.8, 4) is 0 Å². The first-order chi connectivity index (χ1) is 8.16. The Morgan fingerprint density at radius 1 is 1.35 bits per heavy atom. The molecule has 0 aliphatic carbocycles. The zero-order valence-electron chi connectivity index (χ0n) is 9.26. The number of hydrogen-bond acceptors (Lipinski definition) is 3. The second-order valence-electron chi connectivity index (χ2n) is 3.81. The van der Waals surface area contributed by atoms with E-state index in [1.807, 2.05) is 0 Å². The number of hydrogen-bond donors (Lipinski definition) is 0. The van der Waals surface area contributed by atoms with E-state index in [0.29, 0.717) is 26.3 Å². The van der Waals surface area contributed by atoms with E-state index in [1.165, 1.54) is 10.6 Å². The van der Waals surface area contributed by atoms with Gasteiger partial charge in [0.15, 0.2) is 0 Å². The molecular weight excluding hydrogens is 288 g/mol. The molecule has 2 rings (SSSR count). The molecule has 17 heavy (non-hydrogen) atoms. The van der Waals surface area contributed by atoms with Crippen LogP contribution in [0.25, 0.3) is 0 Å². The van der Waals surface area contributed by atoms with E-state index in [2.05, 4.69) is 15.9 Å². The van der Waals surface area contributed by atoms with Crippen molar-refractivity contribution >= 4 is 21.8 Å². The standard InChI is InChI=1S/C11H13BrN2O3/c12-9-1-2-10(15)14(7-9)8-11(16)13-3-5-17-6-4-13/h1-2,7H,3-6,8H2. The summed E-state index contributed by atoms with van der Waals surface area (Å²) in [6.45, 7) is 2.42. The molecule has 1 aliphatic heterocycles. The molecule has 92 valence electrons. The molecule has 1 aromatic rings. The minimum Gasteiger partial charge on any atom is -0.378 e. The summed E-state index contributed by atoms with van der Waals surface area (Å²) in [7, 11) is 0. The van der Waals surface area contributed by atoms with Gasteiger partial charge in [-0.05, 0) is 22.0 Å². The van der Waals surface area contributed by atoms with Gasteiger partial charge in [0.2, 0.25) is 5.91 Å². The molecular formula is C11H13BrN2O3. The predicted molar refractivity (Wildman–Crippen MR) is 65.8 cm³/mol. The van der Waals surface area contributed by atoms with E-state index < -0.39 is 0 Å². The number of carbonyl (C=O) groups excluding carboxylic acids is 1. The number of rotatable bonds is 2. The van der Waals surface area contributed by atoms with Crippen LogP contribution in [0.5, 0.6) is 0 Å². The van der Waals surface area contributed by atoms with Crippen LogP contribution in [0, 0.1) is 0 Å². The smallest absolute Gasteiger partial charge is 0.251 e. The summed E-state index contributed by atoms with van der Waals surface area (Å²) in [5.41, 5.74) is -0.171. The summed E-state index contributed by atoms with van der Waals surface area (Å²) in [6.07, 6.45) is 1.63. The maximum atomic E-state index is 11.9. The fraction of sp³-hybridized carbons (Fsp3) is 0.455. The molecule has 1 saturated heterocycles. The molecule has 0 bridgehead atoms. The molecule has 1 amide bonds. The van der Waals surface area contributed by atoms with Crippen molar-refractivity contribution in [3.05, 3.63) is 33.2 Å². The van der Waals surface area contributed by atoms with E-state index in [-0.39, 0.29) is 18.0 Å². The number of carbonyl (C=O) groups is 1. The summed E-state index contributed by atoms with van der Waals surface area (Å²) in [4.78, 5) is 25.2. The molecule has 6 heteroatoms. The van der Waals surface area contributed by atoms with Gasteiger partial charge in [-0.25, -0.2) is 0 Å². The maximum Gasteiger partial charge on any atom is 0.251 e. The van der Waals surface area contributed by atoms with Gasteiger partial charge in [0.1, 0.15) is 6.54 Å². The Labute approximate surface area is 107 Å². The highest BCUT2D eigenvalue weighted by molar-refractivity contribution is 9.10. The van der Waals surface area contributed by atoms with E-state index in [1.54, 1.807) is 17.2 Å². The number of ether oxygens (including phenoxy) is 1. The average molecular weight is 301 g/mol. The van der Waals surface area contributed by atoms with Gasteiger partial charge in [0.25, 0.3) is 5.56 Å². The van der Waals surface area contributed by atoms with Crippen molar-refractivity contribution in [2.24, 2.45) is 0 Å². The molecule has 0 saturated carbocycles. The van der Waals surface area contributed by atoms with Crippen molar-refractivity contribution < 1.29 is 9.53 Å². The van der Waals surface area contributed by atoms with Crippen LogP contribution >= 0.6 is 15.9 Å². The average Bonchev–Trinajstić information content (AvgIpc) is 2.35. The second-order valence-corrected chi connectivity index (χ2v) is 4.72. The lowest BCUT2D eigenvalue weighted by molar-refractivity contribution is -0.135. The Hall–Kier alpha value is -1.14. The van der Waals surface area contributed by atoms with Crippen LogP contribution in [0.3, 0.4) is 0 Å². The van der Waals surface area contributed by atoms with Gasteiger partial charge in [-0.1, -0.05) is 0 Å². The second kappa shape index (κ2) is 5.46. The van der Waals surface area contributed by atoms with Crippen LogP contribution in [0.2, 0.25) is 0 Å². The minimum absolute atomic E-state index is 0.0477. The molecule has 5 nitrogen and oxygen atoms in total. The van der Waals surface area contributed by atoms with Gasteiger partial charge in [0, 0.05) is 29.8 Å². The topological polar surface area (TPSA) is 51.5 Å². The van der Waals surface area contributed by atoms with Crippen LogP contribution in [-0.4, -0.2) is 41.7 Å². The normalized spacial score (nSPS) is 15.9. The summed E-state index contributed by atoms with van der Waals surface area (Å²) in [6, 6.07) is 3.11. The molecule has 2 heterocycles. The monoisotopic (exact) mass is 300 g/mol. The lowest BCUT2D eigenvalue weighted by Crippen LogP contribution is -2.43. The van der Waals surface area contributed by atoms with E-state index in [9.17, 15) is 9.59 Å². The number of pyridine rings is 1. The third-order valence-corrected chi connectivity index (χ3v) is 3.09. The zero-order chi connectivity index (χ0) is 12.3. The van der Waals surface area contributed by atoms with Gasteiger partial charge in [-0.3, -0.25) is 9.59 Å². The molecule has 0 unspecified atom stereocenters. The largest absolute Gasteiger partial charge is 0.378 e. The lowest BCUT2D eigenvalue weighted by Gasteiger charge is -2.27. The lowest BCUT2D eigenvalue weighted by atomic mass is 10.4. The van der Waals surface area contributed by atoms with Gasteiger partial charge in [0.05, 0.1) is 13.2 Å². The van der Waals surface area contributed by atoms with Crippen molar-refractivity contribution in [1.82, 2.24) is 9.47 Å². The molecule has 0 atom stereocenters. The molecule has 0 aromatic carbocycles. The molecule has 1 aliphatic rings. The molecule has 1 aromatic heterocycles. The summed E-state index contributed by atoms with van der Waals surface area (Å²) in [5, 5.41) is 0. The molecule has 0 spiro atoms. The predicted octanol–water partition coefficient (Wildman–Crippen LogP) is 0.470. The van der Waals surface area contributed by atoms with Crippen LogP contribution in [0.15, 0.2) is 27.6 Å². The molecule has 0 N–H and O–H groups in total.